The van der Waals surface area contributed by atoms with Crippen molar-refractivity contribution >= 4 is 17.5 Å². The van der Waals surface area contributed by atoms with Crippen LogP contribution >= 0.6 is 11.8 Å². The van der Waals surface area contributed by atoms with Gasteiger partial charge >= 0.3 is 0 Å². The van der Waals surface area contributed by atoms with Gasteiger partial charge in [-0.25, -0.2) is 0 Å². The number of fused-ring (bicyclic) bond motifs is 1. The monoisotopic (exact) mass is 208 g/mol. The Morgan fingerprint density at radius 3 is 3.14 bits per heavy atom. The number of carbonyl (C=O) groups is 1. The summed E-state index contributed by atoms with van der Waals surface area (Å²) in [6.07, 6.45) is 0.539. The Labute approximate surface area is 87.3 Å². The maximum absolute atomic E-state index is 11.0. The number of rotatable bonds is 2. The van der Waals surface area contributed by atoms with Crippen LogP contribution in [0.25, 0.3) is 0 Å². The lowest BCUT2D eigenvalue weighted by atomic mass is 9.95. The fourth-order valence-corrected chi connectivity index (χ4v) is 3.12. The summed E-state index contributed by atoms with van der Waals surface area (Å²) in [4.78, 5) is 12.2. The van der Waals surface area contributed by atoms with Crippen molar-refractivity contribution in [3.8, 4) is 5.75 Å². The number of phenolic OH excluding ortho intramolecular Hbond substituents is 1. The van der Waals surface area contributed by atoms with Crippen LogP contribution in [0.3, 0.4) is 0 Å². The van der Waals surface area contributed by atoms with E-state index in [1.807, 2.05) is 12.1 Å². The molecule has 1 aromatic carbocycles. The second-order valence-corrected chi connectivity index (χ2v) is 4.66. The molecule has 0 fully saturated rings. The average molecular weight is 208 g/mol. The van der Waals surface area contributed by atoms with Gasteiger partial charge in [-0.05, 0) is 19.1 Å². The molecule has 3 heteroatoms. The van der Waals surface area contributed by atoms with E-state index in [4.69, 9.17) is 0 Å². The standard InChI is InChI=1S/C11H12O2S/c1-7(12)5-8-6-14-10-4-2-3-9(13)11(8)10/h2-4,8,13H,5-6H2,1H3. The number of benzene rings is 1. The minimum absolute atomic E-state index is 0.187. The van der Waals surface area contributed by atoms with Crippen LogP contribution < -0.4 is 0 Å². The fourth-order valence-electron chi connectivity index (χ4n) is 1.85. The minimum atomic E-state index is 0.187. The molecule has 0 saturated heterocycles. The summed E-state index contributed by atoms with van der Waals surface area (Å²) in [6.45, 7) is 1.60. The van der Waals surface area contributed by atoms with Gasteiger partial charge < -0.3 is 9.90 Å². The first kappa shape index (κ1) is 9.59. The number of aromatic hydroxyl groups is 1. The van der Waals surface area contributed by atoms with Crippen LogP contribution in [0.15, 0.2) is 23.1 Å². The van der Waals surface area contributed by atoms with Crippen LogP contribution in [-0.2, 0) is 4.79 Å². The van der Waals surface area contributed by atoms with E-state index in [0.717, 1.165) is 16.2 Å². The van der Waals surface area contributed by atoms with Gasteiger partial charge in [0.05, 0.1) is 0 Å². The predicted molar refractivity (Wildman–Crippen MR) is 56.9 cm³/mol. The van der Waals surface area contributed by atoms with Crippen molar-refractivity contribution in [1.29, 1.82) is 0 Å². The molecular weight excluding hydrogens is 196 g/mol. The highest BCUT2D eigenvalue weighted by Gasteiger charge is 2.26. The molecule has 1 unspecified atom stereocenters. The topological polar surface area (TPSA) is 37.3 Å². The van der Waals surface area contributed by atoms with Gasteiger partial charge in [-0.3, -0.25) is 0 Å². The van der Waals surface area contributed by atoms with Crippen LogP contribution in [0.2, 0.25) is 0 Å². The second-order valence-electron chi connectivity index (χ2n) is 3.60. The summed E-state index contributed by atoms with van der Waals surface area (Å²) >= 11 is 1.72. The van der Waals surface area contributed by atoms with Crippen molar-refractivity contribution in [2.45, 2.75) is 24.2 Å². The number of phenols is 1. The Morgan fingerprint density at radius 1 is 1.64 bits per heavy atom. The van der Waals surface area contributed by atoms with E-state index in [0.29, 0.717) is 12.2 Å². The molecule has 1 aromatic rings. The lowest BCUT2D eigenvalue weighted by Gasteiger charge is -2.09. The summed E-state index contributed by atoms with van der Waals surface area (Å²) in [5.74, 6) is 1.63. The third kappa shape index (κ3) is 1.64. The Morgan fingerprint density at radius 2 is 2.43 bits per heavy atom. The summed E-state index contributed by atoms with van der Waals surface area (Å²) in [7, 11) is 0. The van der Waals surface area contributed by atoms with Crippen LogP contribution in [-0.4, -0.2) is 16.6 Å². The molecule has 1 aliphatic heterocycles. The third-order valence-corrected chi connectivity index (χ3v) is 3.66. The predicted octanol–water partition coefficient (Wildman–Crippen LogP) is 2.56. The highest BCUT2D eigenvalue weighted by Crippen LogP contribution is 2.45. The Hall–Kier alpha value is -0.960. The number of ketones is 1. The van der Waals surface area contributed by atoms with Crippen LogP contribution in [0.4, 0.5) is 0 Å². The molecule has 74 valence electrons. The number of hydrogen-bond acceptors (Lipinski definition) is 3. The Kier molecular flexibility index (Phi) is 2.50. The van der Waals surface area contributed by atoms with Crippen molar-refractivity contribution in [2.24, 2.45) is 0 Å². The molecule has 2 nitrogen and oxygen atoms in total. The zero-order valence-electron chi connectivity index (χ0n) is 7.99. The van der Waals surface area contributed by atoms with Crippen LogP contribution in [0.5, 0.6) is 5.75 Å². The molecule has 0 radical (unpaired) electrons. The van der Waals surface area contributed by atoms with Crippen LogP contribution in [0.1, 0.15) is 24.8 Å². The number of thioether (sulfide) groups is 1. The van der Waals surface area contributed by atoms with E-state index >= 15 is 0 Å². The van der Waals surface area contributed by atoms with Gasteiger partial charge in [0.15, 0.2) is 0 Å². The maximum atomic E-state index is 11.0. The zero-order chi connectivity index (χ0) is 10.1. The van der Waals surface area contributed by atoms with Gasteiger partial charge in [0.2, 0.25) is 0 Å². The van der Waals surface area contributed by atoms with Crippen molar-refractivity contribution in [3.05, 3.63) is 23.8 Å². The molecule has 14 heavy (non-hydrogen) atoms. The first-order valence-corrected chi connectivity index (χ1v) is 5.61. The van der Waals surface area contributed by atoms with E-state index in [1.165, 1.54) is 0 Å². The maximum Gasteiger partial charge on any atom is 0.130 e. The van der Waals surface area contributed by atoms with E-state index in [9.17, 15) is 9.90 Å². The molecule has 0 aliphatic carbocycles. The van der Waals surface area contributed by atoms with E-state index < -0.39 is 0 Å². The quantitative estimate of drug-likeness (QED) is 0.811. The van der Waals surface area contributed by atoms with Gasteiger partial charge in [0.1, 0.15) is 11.5 Å². The highest BCUT2D eigenvalue weighted by molar-refractivity contribution is 7.99. The largest absolute Gasteiger partial charge is 0.508 e. The molecule has 1 heterocycles. The second kappa shape index (κ2) is 3.65. The van der Waals surface area contributed by atoms with Crippen molar-refractivity contribution < 1.29 is 9.90 Å². The molecule has 0 spiro atoms. The molecule has 1 aliphatic rings. The Balaban J connectivity index is 2.33. The van der Waals surface area contributed by atoms with Gasteiger partial charge in [-0.2, -0.15) is 0 Å². The smallest absolute Gasteiger partial charge is 0.130 e. The SMILES string of the molecule is CC(=O)CC1CSc2cccc(O)c21. The summed E-state index contributed by atoms with van der Waals surface area (Å²) < 4.78 is 0. The number of Topliss-reactive ketones (excluding diaryl/α,β-unsaturated/α-hetero) is 1. The molecule has 1 atom stereocenters. The number of carbonyl (C=O) groups excluding carboxylic acids is 1. The fraction of sp³-hybridized carbons (Fsp3) is 0.364. The third-order valence-electron chi connectivity index (χ3n) is 2.43. The normalized spacial score (nSPS) is 19.4. The summed E-state index contributed by atoms with van der Waals surface area (Å²) in [5, 5.41) is 9.69. The van der Waals surface area contributed by atoms with E-state index in [-0.39, 0.29) is 11.7 Å². The van der Waals surface area contributed by atoms with E-state index in [2.05, 4.69) is 0 Å². The lowest BCUT2D eigenvalue weighted by Crippen LogP contribution is -2.03. The van der Waals surface area contributed by atoms with Gasteiger partial charge in [-0.15, -0.1) is 11.8 Å². The van der Waals surface area contributed by atoms with Gasteiger partial charge in [-0.1, -0.05) is 6.07 Å². The highest BCUT2D eigenvalue weighted by atomic mass is 32.2. The average Bonchev–Trinajstić information content (AvgIpc) is 2.49. The van der Waals surface area contributed by atoms with E-state index in [1.54, 1.807) is 24.8 Å². The van der Waals surface area contributed by atoms with Gasteiger partial charge in [0, 0.05) is 28.6 Å². The van der Waals surface area contributed by atoms with Crippen LogP contribution in [0, 0.1) is 0 Å². The molecule has 0 aromatic heterocycles. The zero-order valence-corrected chi connectivity index (χ0v) is 8.80. The van der Waals surface area contributed by atoms with Gasteiger partial charge in [0.25, 0.3) is 0 Å². The molecule has 2 rings (SSSR count). The molecule has 0 saturated carbocycles. The summed E-state index contributed by atoms with van der Waals surface area (Å²) in [5.41, 5.74) is 0.965. The molecule has 1 N–H and O–H groups in total. The van der Waals surface area contributed by atoms with Crippen molar-refractivity contribution in [1.82, 2.24) is 0 Å². The minimum Gasteiger partial charge on any atom is -0.508 e. The Bertz CT molecular complexity index is 374. The molecule has 0 amide bonds. The summed E-state index contributed by atoms with van der Waals surface area (Å²) in [6, 6.07) is 5.54. The first-order valence-electron chi connectivity index (χ1n) is 4.62. The first-order chi connectivity index (χ1) is 6.68. The van der Waals surface area contributed by atoms with Crippen molar-refractivity contribution in [2.75, 3.05) is 5.75 Å². The lowest BCUT2D eigenvalue weighted by molar-refractivity contribution is -0.117. The van der Waals surface area contributed by atoms with Crippen molar-refractivity contribution in [3.63, 3.8) is 0 Å². The number of hydrogen-bond donors (Lipinski definition) is 1. The molecule has 0 bridgehead atoms. The molecular formula is C11H12O2S.